The van der Waals surface area contributed by atoms with Crippen molar-refractivity contribution in [3.8, 4) is 0 Å². The first-order chi connectivity index (χ1) is 12.7. The average Bonchev–Trinajstić information content (AvgIpc) is 3.20. The zero-order chi connectivity index (χ0) is 17.9. The van der Waals surface area contributed by atoms with E-state index < -0.39 is 0 Å². The van der Waals surface area contributed by atoms with Crippen LogP contribution in [0.4, 0.5) is 11.8 Å². The van der Waals surface area contributed by atoms with E-state index in [0.717, 1.165) is 56.4 Å². The minimum Gasteiger partial charge on any atom is -0.373 e. The summed E-state index contributed by atoms with van der Waals surface area (Å²) in [6.07, 6.45) is 8.69. The first-order valence-electron chi connectivity index (χ1n) is 9.27. The van der Waals surface area contributed by atoms with Gasteiger partial charge in [0.2, 0.25) is 11.9 Å². The monoisotopic (exact) mass is 355 g/mol. The van der Waals surface area contributed by atoms with Gasteiger partial charge >= 0.3 is 0 Å². The van der Waals surface area contributed by atoms with Crippen LogP contribution in [0.25, 0.3) is 0 Å². The maximum absolute atomic E-state index is 12.5. The Hall–Kier alpha value is -2.64. The van der Waals surface area contributed by atoms with E-state index in [1.165, 1.54) is 0 Å². The molecule has 0 bridgehead atoms. The summed E-state index contributed by atoms with van der Waals surface area (Å²) in [5.74, 6) is 2.37. The summed E-state index contributed by atoms with van der Waals surface area (Å²) in [5, 5.41) is 3.07. The van der Waals surface area contributed by atoms with Gasteiger partial charge in [-0.2, -0.15) is 4.98 Å². The van der Waals surface area contributed by atoms with E-state index in [2.05, 4.69) is 35.1 Å². The molecule has 0 spiro atoms. The normalized spacial score (nSPS) is 23.0. The van der Waals surface area contributed by atoms with Gasteiger partial charge in [0.25, 0.3) is 0 Å². The zero-order valence-electron chi connectivity index (χ0n) is 15.1. The van der Waals surface area contributed by atoms with Crippen molar-refractivity contribution in [3.05, 3.63) is 30.5 Å². The standard InChI is InChI=1S/C18H25N7O/c1-19-16-4-7-21-18(23-16)24-8-6-15-13(11-24)2-3-17(26)25(15)9-5-14-10-20-12-22-14/h4,7,10,12-13,15H,2-3,5-6,8-9,11H2,1H3,(H,20,22)(H,19,21,23)/t13-,15+/m0/s1. The van der Waals surface area contributed by atoms with Crippen LogP contribution in [0.2, 0.25) is 0 Å². The summed E-state index contributed by atoms with van der Waals surface area (Å²) in [5.41, 5.74) is 1.08. The SMILES string of the molecule is CNc1ccnc(N2CC[C@@H]3[C@@H](CCC(=O)N3CCc3cnc[nH]3)C2)n1. The van der Waals surface area contributed by atoms with Crippen molar-refractivity contribution >= 4 is 17.7 Å². The molecule has 0 aromatic carbocycles. The fraction of sp³-hybridized carbons (Fsp3) is 0.556. The quantitative estimate of drug-likeness (QED) is 0.840. The fourth-order valence-corrected chi connectivity index (χ4v) is 4.13. The molecule has 8 nitrogen and oxygen atoms in total. The van der Waals surface area contributed by atoms with Gasteiger partial charge < -0.3 is 20.1 Å². The number of nitrogens with zero attached hydrogens (tertiary/aromatic N) is 5. The fourth-order valence-electron chi connectivity index (χ4n) is 4.13. The number of likely N-dealkylation sites (tertiary alicyclic amines) is 1. The van der Waals surface area contributed by atoms with Crippen molar-refractivity contribution in [2.24, 2.45) is 5.92 Å². The second-order valence-corrected chi connectivity index (χ2v) is 7.01. The molecule has 2 aromatic rings. The summed E-state index contributed by atoms with van der Waals surface area (Å²) >= 11 is 0. The maximum Gasteiger partial charge on any atom is 0.227 e. The molecular formula is C18H25N7O. The molecule has 2 saturated heterocycles. The van der Waals surface area contributed by atoms with Crippen molar-refractivity contribution in [1.29, 1.82) is 0 Å². The average molecular weight is 355 g/mol. The van der Waals surface area contributed by atoms with Crippen LogP contribution in [0.1, 0.15) is 25.0 Å². The van der Waals surface area contributed by atoms with Crippen molar-refractivity contribution in [3.63, 3.8) is 0 Å². The third-order valence-corrected chi connectivity index (χ3v) is 5.50. The lowest BCUT2D eigenvalue weighted by molar-refractivity contribution is -0.139. The number of hydrogen-bond acceptors (Lipinski definition) is 6. The van der Waals surface area contributed by atoms with Gasteiger partial charge in [-0.05, 0) is 24.8 Å². The highest BCUT2D eigenvalue weighted by Gasteiger charge is 2.39. The number of aromatic nitrogens is 4. The molecule has 26 heavy (non-hydrogen) atoms. The van der Waals surface area contributed by atoms with Gasteiger partial charge in [-0.1, -0.05) is 0 Å². The summed E-state index contributed by atoms with van der Waals surface area (Å²) < 4.78 is 0. The molecule has 0 unspecified atom stereocenters. The highest BCUT2D eigenvalue weighted by molar-refractivity contribution is 5.77. The number of aromatic amines is 1. The van der Waals surface area contributed by atoms with Gasteiger partial charge in [0.1, 0.15) is 5.82 Å². The van der Waals surface area contributed by atoms with Gasteiger partial charge in [-0.25, -0.2) is 9.97 Å². The predicted octanol–water partition coefficient (Wildman–Crippen LogP) is 1.30. The van der Waals surface area contributed by atoms with Crippen molar-refractivity contribution in [2.45, 2.75) is 31.7 Å². The van der Waals surface area contributed by atoms with E-state index in [4.69, 9.17) is 0 Å². The number of amides is 1. The Morgan fingerprint density at radius 1 is 1.38 bits per heavy atom. The largest absolute Gasteiger partial charge is 0.373 e. The molecule has 138 valence electrons. The number of rotatable bonds is 5. The van der Waals surface area contributed by atoms with Crippen LogP contribution in [-0.4, -0.2) is 63.5 Å². The summed E-state index contributed by atoms with van der Waals surface area (Å²) in [6, 6.07) is 2.19. The Labute approximate surface area is 153 Å². The number of carbonyl (C=O) groups is 1. The van der Waals surface area contributed by atoms with Gasteiger partial charge in [0.15, 0.2) is 0 Å². The van der Waals surface area contributed by atoms with E-state index >= 15 is 0 Å². The summed E-state index contributed by atoms with van der Waals surface area (Å²) in [4.78, 5) is 33.0. The molecule has 2 aliphatic heterocycles. The Balaban J connectivity index is 1.43. The molecule has 2 aliphatic rings. The van der Waals surface area contributed by atoms with Crippen LogP contribution in [0.3, 0.4) is 0 Å². The minimum absolute atomic E-state index is 0.285. The van der Waals surface area contributed by atoms with Crippen LogP contribution in [0.15, 0.2) is 24.8 Å². The number of anilines is 2. The summed E-state index contributed by atoms with van der Waals surface area (Å²) in [6.45, 7) is 2.54. The Morgan fingerprint density at radius 2 is 2.31 bits per heavy atom. The topological polar surface area (TPSA) is 90.0 Å². The Bertz CT molecular complexity index is 748. The number of fused-ring (bicyclic) bond motifs is 1. The van der Waals surface area contributed by atoms with Crippen molar-refractivity contribution < 1.29 is 4.79 Å². The van der Waals surface area contributed by atoms with Crippen LogP contribution in [-0.2, 0) is 11.2 Å². The second kappa shape index (κ2) is 7.31. The van der Waals surface area contributed by atoms with E-state index in [1.807, 2.05) is 19.3 Å². The zero-order valence-corrected chi connectivity index (χ0v) is 15.1. The Morgan fingerprint density at radius 3 is 3.12 bits per heavy atom. The predicted molar refractivity (Wildman–Crippen MR) is 98.9 cm³/mol. The van der Waals surface area contributed by atoms with E-state index in [9.17, 15) is 4.79 Å². The molecule has 2 aromatic heterocycles. The number of nitrogens with one attached hydrogen (secondary N) is 2. The van der Waals surface area contributed by atoms with Gasteiger partial charge in [-0.3, -0.25) is 4.79 Å². The molecule has 1 amide bonds. The van der Waals surface area contributed by atoms with Crippen LogP contribution >= 0.6 is 0 Å². The van der Waals surface area contributed by atoms with Crippen molar-refractivity contribution in [2.75, 3.05) is 36.9 Å². The lowest BCUT2D eigenvalue weighted by Crippen LogP contribution is -2.56. The number of hydrogen-bond donors (Lipinski definition) is 2. The minimum atomic E-state index is 0.285. The smallest absolute Gasteiger partial charge is 0.227 e. The molecule has 2 fully saturated rings. The third-order valence-electron chi connectivity index (χ3n) is 5.50. The molecule has 0 saturated carbocycles. The molecule has 2 atom stereocenters. The highest BCUT2D eigenvalue weighted by Crippen LogP contribution is 2.32. The Kier molecular flexibility index (Phi) is 4.73. The molecule has 4 heterocycles. The first kappa shape index (κ1) is 16.8. The molecule has 8 heteroatoms. The van der Waals surface area contributed by atoms with E-state index in [-0.39, 0.29) is 5.91 Å². The number of H-pyrrole nitrogens is 1. The third kappa shape index (κ3) is 3.36. The van der Waals surface area contributed by atoms with Crippen LogP contribution in [0, 0.1) is 5.92 Å². The first-order valence-corrected chi connectivity index (χ1v) is 9.27. The second-order valence-electron chi connectivity index (χ2n) is 7.01. The van der Waals surface area contributed by atoms with Crippen LogP contribution in [0.5, 0.6) is 0 Å². The maximum atomic E-state index is 12.5. The van der Waals surface area contributed by atoms with Gasteiger partial charge in [0.05, 0.1) is 6.33 Å². The molecule has 4 rings (SSSR count). The number of imidazole rings is 1. The lowest BCUT2D eigenvalue weighted by Gasteiger charge is -2.47. The van der Waals surface area contributed by atoms with Crippen LogP contribution < -0.4 is 10.2 Å². The number of carbonyl (C=O) groups excluding carboxylic acids is 1. The van der Waals surface area contributed by atoms with Gasteiger partial charge in [0, 0.05) is 63.7 Å². The van der Waals surface area contributed by atoms with E-state index in [1.54, 1.807) is 12.5 Å². The molecule has 2 N–H and O–H groups in total. The van der Waals surface area contributed by atoms with Crippen molar-refractivity contribution in [1.82, 2.24) is 24.8 Å². The highest BCUT2D eigenvalue weighted by atomic mass is 16.2. The lowest BCUT2D eigenvalue weighted by atomic mass is 9.83. The van der Waals surface area contributed by atoms with Gasteiger partial charge in [-0.15, -0.1) is 0 Å². The molecular weight excluding hydrogens is 330 g/mol. The molecule has 0 radical (unpaired) electrons. The summed E-state index contributed by atoms with van der Waals surface area (Å²) in [7, 11) is 1.86. The van der Waals surface area contributed by atoms with E-state index in [0.29, 0.717) is 18.4 Å². The number of piperidine rings is 2. The molecule has 0 aliphatic carbocycles.